The predicted octanol–water partition coefficient (Wildman–Crippen LogP) is 2.76. The second-order valence-electron chi connectivity index (χ2n) is 7.81. The number of para-hydroxylation sites is 1. The van der Waals surface area contributed by atoms with Gasteiger partial charge in [-0.1, -0.05) is 25.1 Å². The van der Waals surface area contributed by atoms with Crippen molar-refractivity contribution in [3.8, 4) is 0 Å². The Hall–Kier alpha value is -2.53. The maximum atomic E-state index is 13.1. The molecule has 0 N–H and O–H groups in total. The second kappa shape index (κ2) is 9.76. The Morgan fingerprint density at radius 1 is 1.18 bits per heavy atom. The van der Waals surface area contributed by atoms with Crippen LogP contribution in [0.4, 0.5) is 0 Å². The van der Waals surface area contributed by atoms with Gasteiger partial charge in [-0.25, -0.2) is 17.7 Å². The van der Waals surface area contributed by atoms with E-state index in [1.165, 1.54) is 14.2 Å². The van der Waals surface area contributed by atoms with Crippen LogP contribution in [0.25, 0.3) is 16.6 Å². The van der Waals surface area contributed by atoms with Crippen LogP contribution < -0.4 is 0 Å². The Bertz CT molecular complexity index is 1160. The molecule has 0 radical (unpaired) electrons. The number of nitrogens with zero attached hydrogens (tertiary/aromatic N) is 2. The molecule has 1 aliphatic rings. The van der Waals surface area contributed by atoms with Crippen LogP contribution in [0.2, 0.25) is 0 Å². The lowest BCUT2D eigenvalue weighted by Crippen LogP contribution is -2.61. The molecule has 9 nitrogen and oxygen atoms in total. The van der Waals surface area contributed by atoms with Crippen molar-refractivity contribution in [1.82, 2.24) is 9.29 Å². The Kier molecular flexibility index (Phi) is 7.42. The third kappa shape index (κ3) is 4.48. The van der Waals surface area contributed by atoms with Crippen LogP contribution in [0.5, 0.6) is 0 Å². The summed E-state index contributed by atoms with van der Waals surface area (Å²) in [5.74, 6) is -3.88. The minimum Gasteiger partial charge on any atom is -0.466 e. The molecule has 2 aromatic rings. The smallest absolute Gasteiger partial charge is 0.313 e. The third-order valence-corrected chi connectivity index (χ3v) is 6.89. The van der Waals surface area contributed by atoms with Crippen LogP contribution in [0.3, 0.4) is 0 Å². The minimum atomic E-state index is -3.95. The summed E-state index contributed by atoms with van der Waals surface area (Å²) in [5, 5.41) is 0.871. The van der Waals surface area contributed by atoms with Gasteiger partial charge in [0, 0.05) is 38.2 Å². The molecule has 0 aliphatic carbocycles. The van der Waals surface area contributed by atoms with Crippen molar-refractivity contribution in [2.75, 3.05) is 34.2 Å². The zero-order chi connectivity index (χ0) is 24.4. The Morgan fingerprint density at radius 2 is 1.85 bits per heavy atom. The molecule has 2 unspecified atom stereocenters. The van der Waals surface area contributed by atoms with Crippen LogP contribution >= 0.6 is 0 Å². The molecule has 0 fully saturated rings. The number of hydrogen-bond acceptors (Lipinski definition) is 8. The van der Waals surface area contributed by atoms with Crippen molar-refractivity contribution in [2.24, 2.45) is 11.8 Å². The van der Waals surface area contributed by atoms with E-state index in [1.54, 1.807) is 27.0 Å². The van der Waals surface area contributed by atoms with E-state index >= 15 is 0 Å². The normalized spacial score (nSPS) is 20.5. The maximum absolute atomic E-state index is 13.1. The first-order valence-corrected chi connectivity index (χ1v) is 12.4. The molecule has 1 aromatic carbocycles. The van der Waals surface area contributed by atoms with Gasteiger partial charge in [0.05, 0.1) is 42.3 Å². The van der Waals surface area contributed by atoms with Gasteiger partial charge in [-0.3, -0.25) is 4.79 Å². The van der Waals surface area contributed by atoms with E-state index in [2.05, 4.69) is 0 Å². The number of pyridine rings is 1. The summed E-state index contributed by atoms with van der Waals surface area (Å²) in [4.78, 5) is 17.7. The number of fused-ring (bicyclic) bond motifs is 1. The van der Waals surface area contributed by atoms with E-state index in [4.69, 9.17) is 23.9 Å². The number of esters is 1. The number of benzene rings is 1. The number of carbonyl (C=O) groups excluding carboxylic acids is 1. The minimum absolute atomic E-state index is 0.162. The topological polar surface area (TPSA) is 104 Å². The lowest BCUT2D eigenvalue weighted by molar-refractivity contribution is -0.292. The zero-order valence-electron chi connectivity index (χ0n) is 19.7. The van der Waals surface area contributed by atoms with Gasteiger partial charge < -0.3 is 18.9 Å². The standard InChI is InChI=1S/C23H30N2O7S/c1-7-32-22(26)18-13-20(25(33(6,27)28)23(30-4,31-5)15(18)2)21-17(14-29-3)12-16-10-8-9-11-19(16)24-21/h8-13,15,18H,7,14H2,1-6H3. The highest BCUT2D eigenvalue weighted by molar-refractivity contribution is 7.88. The highest BCUT2D eigenvalue weighted by Crippen LogP contribution is 2.46. The van der Waals surface area contributed by atoms with Gasteiger partial charge in [0.2, 0.25) is 10.0 Å². The number of methoxy groups -OCH3 is 3. The fourth-order valence-electron chi connectivity index (χ4n) is 4.33. The molecule has 0 saturated carbocycles. The summed E-state index contributed by atoms with van der Waals surface area (Å²) in [7, 11) is 0.271. The van der Waals surface area contributed by atoms with Gasteiger partial charge in [0.25, 0.3) is 5.91 Å². The average Bonchev–Trinajstić information content (AvgIpc) is 2.78. The first-order chi connectivity index (χ1) is 15.6. The van der Waals surface area contributed by atoms with Crippen molar-refractivity contribution in [2.45, 2.75) is 26.4 Å². The molecule has 180 valence electrons. The Balaban J connectivity index is 2.39. The summed E-state index contributed by atoms with van der Waals surface area (Å²) in [5.41, 5.74) is 1.82. The molecule has 2 heterocycles. The fraction of sp³-hybridized carbons (Fsp3) is 0.478. The molecule has 0 amide bonds. The van der Waals surface area contributed by atoms with Gasteiger partial charge in [-0.15, -0.1) is 0 Å². The third-order valence-electron chi connectivity index (χ3n) is 5.77. The van der Waals surface area contributed by atoms with E-state index in [9.17, 15) is 13.2 Å². The molecule has 10 heteroatoms. The second-order valence-corrected chi connectivity index (χ2v) is 9.64. The van der Waals surface area contributed by atoms with Crippen LogP contribution in [0.1, 0.15) is 25.1 Å². The molecule has 3 rings (SSSR count). The number of hydrogen-bond donors (Lipinski definition) is 0. The van der Waals surface area contributed by atoms with E-state index in [0.29, 0.717) is 16.8 Å². The van der Waals surface area contributed by atoms with Gasteiger partial charge in [0.1, 0.15) is 0 Å². The lowest BCUT2D eigenvalue weighted by atomic mass is 9.85. The number of carbonyl (C=O) groups is 1. The molecule has 0 saturated heterocycles. The summed E-state index contributed by atoms with van der Waals surface area (Å²) in [6.07, 6.45) is 2.62. The maximum Gasteiger partial charge on any atom is 0.313 e. The van der Waals surface area contributed by atoms with Crippen molar-refractivity contribution >= 4 is 32.6 Å². The average molecular weight is 479 g/mol. The molecule has 2 atom stereocenters. The molecule has 0 bridgehead atoms. The van der Waals surface area contributed by atoms with Gasteiger partial charge in [0.15, 0.2) is 0 Å². The summed E-state index contributed by atoms with van der Waals surface area (Å²) in [6.45, 7) is 3.75. The Labute approximate surface area is 194 Å². The first kappa shape index (κ1) is 25.1. The SMILES string of the molecule is CCOC(=O)C1C=C(c2nc3ccccc3cc2COC)N(S(C)(=O)=O)C(OC)(OC)C1C. The first-order valence-electron chi connectivity index (χ1n) is 10.5. The van der Waals surface area contributed by atoms with Crippen LogP contribution in [0, 0.1) is 11.8 Å². The van der Waals surface area contributed by atoms with Gasteiger partial charge >= 0.3 is 5.97 Å². The number of rotatable bonds is 8. The number of ether oxygens (including phenoxy) is 4. The summed E-state index contributed by atoms with van der Waals surface area (Å²) >= 11 is 0. The van der Waals surface area contributed by atoms with Gasteiger partial charge in [-0.05, 0) is 25.1 Å². The van der Waals surface area contributed by atoms with E-state index in [-0.39, 0.29) is 18.9 Å². The van der Waals surface area contributed by atoms with Crippen molar-refractivity contribution in [3.05, 3.63) is 47.7 Å². The number of aromatic nitrogens is 1. The monoisotopic (exact) mass is 478 g/mol. The lowest BCUT2D eigenvalue weighted by Gasteiger charge is -2.49. The highest BCUT2D eigenvalue weighted by Gasteiger charge is 2.56. The molecular formula is C23H30N2O7S. The quantitative estimate of drug-likeness (QED) is 0.421. The van der Waals surface area contributed by atoms with Crippen LogP contribution in [-0.2, 0) is 40.4 Å². The van der Waals surface area contributed by atoms with Crippen LogP contribution in [0.15, 0.2) is 36.4 Å². The molecule has 0 spiro atoms. The highest BCUT2D eigenvalue weighted by atomic mass is 32.2. The van der Waals surface area contributed by atoms with Crippen molar-refractivity contribution < 1.29 is 32.2 Å². The molecule has 1 aliphatic heterocycles. The summed E-state index contributed by atoms with van der Waals surface area (Å²) in [6, 6.07) is 9.36. The zero-order valence-corrected chi connectivity index (χ0v) is 20.5. The molecule has 1 aromatic heterocycles. The van der Waals surface area contributed by atoms with Crippen molar-refractivity contribution in [1.29, 1.82) is 0 Å². The van der Waals surface area contributed by atoms with Crippen LogP contribution in [-0.4, -0.2) is 63.8 Å². The number of sulfonamides is 1. The Morgan fingerprint density at radius 3 is 2.42 bits per heavy atom. The molecule has 33 heavy (non-hydrogen) atoms. The van der Waals surface area contributed by atoms with E-state index in [0.717, 1.165) is 15.9 Å². The van der Waals surface area contributed by atoms with Gasteiger partial charge in [-0.2, -0.15) is 0 Å². The fourth-order valence-corrected chi connectivity index (χ4v) is 5.61. The van der Waals surface area contributed by atoms with E-state index < -0.39 is 33.7 Å². The summed E-state index contributed by atoms with van der Waals surface area (Å²) < 4.78 is 49.4. The van der Waals surface area contributed by atoms with E-state index in [1.807, 2.05) is 30.3 Å². The predicted molar refractivity (Wildman–Crippen MR) is 123 cm³/mol. The largest absolute Gasteiger partial charge is 0.466 e. The van der Waals surface area contributed by atoms with Crippen molar-refractivity contribution in [3.63, 3.8) is 0 Å². The molecular weight excluding hydrogens is 448 g/mol.